The lowest BCUT2D eigenvalue weighted by molar-refractivity contribution is 0.0952. The largest absolute Gasteiger partial charge is 0.352 e. The van der Waals surface area contributed by atoms with Crippen molar-refractivity contribution in [2.24, 2.45) is 0 Å². The summed E-state index contributed by atoms with van der Waals surface area (Å²) < 4.78 is 2.13. The lowest BCUT2D eigenvalue weighted by Gasteiger charge is -2.26. The van der Waals surface area contributed by atoms with Crippen molar-refractivity contribution in [1.29, 1.82) is 0 Å². The van der Waals surface area contributed by atoms with Gasteiger partial charge in [0.25, 0.3) is 5.91 Å². The predicted molar refractivity (Wildman–Crippen MR) is 141 cm³/mol. The van der Waals surface area contributed by atoms with Crippen molar-refractivity contribution in [2.75, 3.05) is 19.6 Å². The van der Waals surface area contributed by atoms with Gasteiger partial charge in [-0.05, 0) is 62.9 Å². The number of piperidine rings is 1. The molecule has 2 aromatic carbocycles. The maximum Gasteiger partial charge on any atom is 0.252 e. The van der Waals surface area contributed by atoms with Gasteiger partial charge in [-0.15, -0.1) is 0 Å². The number of rotatable bonds is 9. The van der Waals surface area contributed by atoms with Gasteiger partial charge in [-0.2, -0.15) is 0 Å². The molecule has 2 aromatic heterocycles. The van der Waals surface area contributed by atoms with E-state index in [9.17, 15) is 4.79 Å². The number of hydrogen-bond acceptors (Lipinski definition) is 3. The Labute approximate surface area is 207 Å². The van der Waals surface area contributed by atoms with E-state index in [0.29, 0.717) is 12.1 Å². The number of aryl methyl sites for hydroxylation is 1. The fourth-order valence-corrected chi connectivity index (χ4v) is 4.94. The van der Waals surface area contributed by atoms with Gasteiger partial charge in [-0.1, -0.05) is 67.1 Å². The van der Waals surface area contributed by atoms with Gasteiger partial charge in [0.1, 0.15) is 5.65 Å². The van der Waals surface area contributed by atoms with Gasteiger partial charge in [0.05, 0.1) is 17.0 Å². The van der Waals surface area contributed by atoms with Crippen LogP contribution < -0.4 is 5.32 Å². The van der Waals surface area contributed by atoms with E-state index in [0.717, 1.165) is 61.5 Å². The van der Waals surface area contributed by atoms with Crippen LogP contribution in [-0.2, 0) is 13.0 Å². The molecule has 4 aromatic rings. The molecule has 1 aliphatic heterocycles. The number of fused-ring (bicyclic) bond motifs is 1. The monoisotopic (exact) mass is 466 g/mol. The van der Waals surface area contributed by atoms with Crippen LogP contribution >= 0.6 is 0 Å². The molecular formula is C30H34N4O. The first kappa shape index (κ1) is 23.3. The summed E-state index contributed by atoms with van der Waals surface area (Å²) in [7, 11) is 0. The Bertz CT molecular complexity index is 1240. The van der Waals surface area contributed by atoms with Gasteiger partial charge < -0.3 is 9.72 Å². The zero-order chi connectivity index (χ0) is 23.9. The lowest BCUT2D eigenvalue weighted by Crippen LogP contribution is -2.30. The van der Waals surface area contributed by atoms with Crippen LogP contribution in [-0.4, -0.2) is 39.8 Å². The minimum absolute atomic E-state index is 0.0227. The highest BCUT2D eigenvalue weighted by molar-refractivity contribution is 5.94. The Morgan fingerprint density at radius 2 is 1.60 bits per heavy atom. The summed E-state index contributed by atoms with van der Waals surface area (Å²) >= 11 is 0. The van der Waals surface area contributed by atoms with Crippen molar-refractivity contribution in [3.8, 4) is 11.3 Å². The number of unbranched alkanes of at least 4 members (excludes halogenated alkanes) is 1. The number of imidazole rings is 1. The second-order valence-corrected chi connectivity index (χ2v) is 9.45. The molecule has 0 saturated carbocycles. The van der Waals surface area contributed by atoms with Crippen molar-refractivity contribution in [1.82, 2.24) is 19.6 Å². The molecule has 0 radical (unpaired) electrons. The first-order chi connectivity index (χ1) is 17.3. The van der Waals surface area contributed by atoms with Crippen LogP contribution in [0.1, 0.15) is 53.7 Å². The van der Waals surface area contributed by atoms with E-state index in [1.807, 2.05) is 30.5 Å². The Hall–Kier alpha value is -3.44. The van der Waals surface area contributed by atoms with Crippen LogP contribution in [0.2, 0.25) is 0 Å². The summed E-state index contributed by atoms with van der Waals surface area (Å²) in [6, 6.07) is 24.7. The maximum absolute atomic E-state index is 12.9. The molecule has 0 aliphatic carbocycles. The average molecular weight is 467 g/mol. The van der Waals surface area contributed by atoms with Gasteiger partial charge in [0.15, 0.2) is 0 Å². The van der Waals surface area contributed by atoms with Gasteiger partial charge in [0.2, 0.25) is 0 Å². The minimum Gasteiger partial charge on any atom is -0.352 e. The fourth-order valence-electron chi connectivity index (χ4n) is 4.94. The number of nitrogens with one attached hydrogen (secondary N) is 1. The summed E-state index contributed by atoms with van der Waals surface area (Å²) in [6.07, 6.45) is 8.83. The van der Waals surface area contributed by atoms with Crippen molar-refractivity contribution in [2.45, 2.75) is 45.1 Å². The van der Waals surface area contributed by atoms with Crippen LogP contribution in [0.4, 0.5) is 0 Å². The molecule has 0 spiro atoms. The molecule has 5 rings (SSSR count). The molecule has 180 valence electrons. The number of pyridine rings is 1. The average Bonchev–Trinajstić information content (AvgIpc) is 3.27. The zero-order valence-corrected chi connectivity index (χ0v) is 20.3. The molecule has 0 unspecified atom stereocenters. The van der Waals surface area contributed by atoms with E-state index < -0.39 is 0 Å². The molecule has 0 atom stereocenters. The van der Waals surface area contributed by atoms with Crippen LogP contribution in [0.5, 0.6) is 0 Å². The smallest absolute Gasteiger partial charge is 0.252 e. The standard InChI is InChI=1S/C30H34N4O/c35-30(31-19-9-8-14-24-12-4-1-5-13-24)26-17-18-28-32-29(25-15-6-2-7-16-25)27(34(28)22-26)23-33-20-10-3-11-21-33/h1-2,4-7,12-13,15-18,22H,3,8-11,14,19-21,23H2,(H,31,35). The quantitative estimate of drug-likeness (QED) is 0.320. The fraction of sp³-hybridized carbons (Fsp3) is 0.333. The molecule has 1 saturated heterocycles. The normalized spacial score (nSPS) is 14.3. The van der Waals surface area contributed by atoms with Gasteiger partial charge in [0, 0.05) is 24.8 Å². The lowest BCUT2D eigenvalue weighted by atomic mass is 10.1. The number of benzene rings is 2. The zero-order valence-electron chi connectivity index (χ0n) is 20.3. The molecule has 3 heterocycles. The molecule has 1 aliphatic rings. The summed E-state index contributed by atoms with van der Waals surface area (Å²) in [4.78, 5) is 20.4. The second kappa shape index (κ2) is 11.3. The Kier molecular flexibility index (Phi) is 7.54. The summed E-state index contributed by atoms with van der Waals surface area (Å²) in [6.45, 7) is 3.76. The van der Waals surface area contributed by atoms with Crippen LogP contribution in [0.25, 0.3) is 16.9 Å². The first-order valence-electron chi connectivity index (χ1n) is 12.9. The highest BCUT2D eigenvalue weighted by atomic mass is 16.1. The van der Waals surface area contributed by atoms with Crippen molar-refractivity contribution in [3.63, 3.8) is 0 Å². The second-order valence-electron chi connectivity index (χ2n) is 9.45. The Balaban J connectivity index is 1.31. The minimum atomic E-state index is -0.0227. The van der Waals surface area contributed by atoms with Gasteiger partial charge >= 0.3 is 0 Å². The maximum atomic E-state index is 12.9. The van der Waals surface area contributed by atoms with Crippen molar-refractivity contribution < 1.29 is 4.79 Å². The van der Waals surface area contributed by atoms with Crippen LogP contribution in [0.15, 0.2) is 79.0 Å². The van der Waals surface area contributed by atoms with Crippen molar-refractivity contribution in [3.05, 3.63) is 95.8 Å². The molecule has 1 amide bonds. The third-order valence-electron chi connectivity index (χ3n) is 6.87. The molecule has 5 heteroatoms. The molecule has 1 N–H and O–H groups in total. The summed E-state index contributed by atoms with van der Waals surface area (Å²) in [5.41, 5.74) is 6.19. The number of hydrogen-bond donors (Lipinski definition) is 1. The number of amides is 1. The van der Waals surface area contributed by atoms with Crippen LogP contribution in [0.3, 0.4) is 0 Å². The first-order valence-corrected chi connectivity index (χ1v) is 12.9. The van der Waals surface area contributed by atoms with Gasteiger partial charge in [-0.25, -0.2) is 4.98 Å². The number of likely N-dealkylation sites (tertiary alicyclic amines) is 1. The van der Waals surface area contributed by atoms with Crippen molar-refractivity contribution >= 4 is 11.6 Å². The molecular weight excluding hydrogens is 432 g/mol. The highest BCUT2D eigenvalue weighted by Crippen LogP contribution is 2.27. The summed E-state index contributed by atoms with van der Waals surface area (Å²) in [5.74, 6) is -0.0227. The SMILES string of the molecule is O=C(NCCCCc1ccccc1)c1ccc2nc(-c3ccccc3)c(CN3CCCCC3)n2c1. The van der Waals surface area contributed by atoms with Crippen LogP contribution in [0, 0.1) is 0 Å². The van der Waals surface area contributed by atoms with E-state index >= 15 is 0 Å². The van der Waals surface area contributed by atoms with E-state index in [2.05, 4.69) is 63.1 Å². The molecule has 0 bridgehead atoms. The number of carbonyl (C=O) groups is 1. The third kappa shape index (κ3) is 5.80. The number of carbonyl (C=O) groups excluding carboxylic acids is 1. The topological polar surface area (TPSA) is 49.6 Å². The molecule has 35 heavy (non-hydrogen) atoms. The third-order valence-corrected chi connectivity index (χ3v) is 6.87. The van der Waals surface area contributed by atoms with Gasteiger partial charge in [-0.3, -0.25) is 9.69 Å². The Morgan fingerprint density at radius 3 is 2.37 bits per heavy atom. The molecule has 1 fully saturated rings. The highest BCUT2D eigenvalue weighted by Gasteiger charge is 2.19. The van der Waals surface area contributed by atoms with E-state index in [4.69, 9.17) is 4.98 Å². The number of aromatic nitrogens is 2. The van der Waals surface area contributed by atoms with E-state index in [1.54, 1.807) is 0 Å². The molecule has 5 nitrogen and oxygen atoms in total. The van der Waals surface area contributed by atoms with E-state index in [-0.39, 0.29) is 5.91 Å². The number of nitrogens with zero attached hydrogens (tertiary/aromatic N) is 3. The predicted octanol–water partition coefficient (Wildman–Crippen LogP) is 5.74. The Morgan fingerprint density at radius 1 is 0.857 bits per heavy atom. The van der Waals surface area contributed by atoms with E-state index in [1.165, 1.54) is 24.8 Å². The summed E-state index contributed by atoms with van der Waals surface area (Å²) in [5, 5.41) is 3.11.